The summed E-state index contributed by atoms with van der Waals surface area (Å²) in [5.41, 5.74) is 15.6. The number of benzene rings is 6. The number of hydrogen-bond acceptors (Lipinski definition) is 1. The van der Waals surface area contributed by atoms with Crippen LogP contribution >= 0.6 is 0 Å². The van der Waals surface area contributed by atoms with Gasteiger partial charge >= 0.3 is 0 Å². The van der Waals surface area contributed by atoms with Crippen molar-refractivity contribution in [3.8, 4) is 28.1 Å². The SMILES string of the molecule is C1=CC2=C(CC1)c1c3c(n(-c4cc5ccccc5c5ccccc45)c1-c1ccccc1N2c1ccc(-c2ccccc2)cc1)CCC=C3. The molecule has 0 bridgehead atoms. The predicted octanol–water partition coefficient (Wildman–Crippen LogP) is 12.3. The van der Waals surface area contributed by atoms with Crippen molar-refractivity contribution >= 4 is 44.6 Å². The molecule has 0 unspecified atom stereocenters. The van der Waals surface area contributed by atoms with E-state index in [2.05, 4.69) is 167 Å². The molecule has 1 aliphatic heterocycles. The first kappa shape index (κ1) is 27.3. The molecule has 3 aliphatic rings. The Bertz CT molecular complexity index is 2490. The number of para-hydroxylation sites is 1. The van der Waals surface area contributed by atoms with Crippen LogP contribution in [0.5, 0.6) is 0 Å². The third-order valence-electron chi connectivity index (χ3n) is 10.5. The normalized spacial score (nSPS) is 14.9. The highest BCUT2D eigenvalue weighted by Crippen LogP contribution is 2.53. The molecular formula is C46H34N2. The summed E-state index contributed by atoms with van der Waals surface area (Å²) in [6.45, 7) is 0. The summed E-state index contributed by atoms with van der Waals surface area (Å²) in [5.74, 6) is 0. The minimum Gasteiger partial charge on any atom is -0.312 e. The molecule has 0 spiro atoms. The smallest absolute Gasteiger partial charge is 0.0634 e. The molecule has 228 valence electrons. The zero-order valence-electron chi connectivity index (χ0n) is 26.7. The van der Waals surface area contributed by atoms with Crippen LogP contribution in [0, 0.1) is 0 Å². The highest BCUT2D eigenvalue weighted by molar-refractivity contribution is 6.12. The van der Waals surface area contributed by atoms with Crippen LogP contribution in [0.4, 0.5) is 11.4 Å². The van der Waals surface area contributed by atoms with Crippen LogP contribution in [-0.4, -0.2) is 4.57 Å². The molecule has 10 rings (SSSR count). The van der Waals surface area contributed by atoms with E-state index in [0.717, 1.165) is 25.7 Å². The van der Waals surface area contributed by atoms with Gasteiger partial charge in [-0.2, -0.15) is 0 Å². The molecule has 0 atom stereocenters. The molecule has 2 heteroatoms. The van der Waals surface area contributed by atoms with Gasteiger partial charge in [0.1, 0.15) is 0 Å². The Morgan fingerprint density at radius 3 is 2.08 bits per heavy atom. The van der Waals surface area contributed by atoms with E-state index >= 15 is 0 Å². The number of aromatic nitrogens is 1. The second-order valence-electron chi connectivity index (χ2n) is 13.1. The number of rotatable bonds is 3. The van der Waals surface area contributed by atoms with Crippen molar-refractivity contribution in [2.45, 2.75) is 25.7 Å². The molecule has 1 aromatic heterocycles. The Hall–Kier alpha value is -5.86. The zero-order valence-corrected chi connectivity index (χ0v) is 26.7. The Kier molecular flexibility index (Phi) is 6.17. The van der Waals surface area contributed by atoms with Gasteiger partial charge in [0.15, 0.2) is 0 Å². The fourth-order valence-electron chi connectivity index (χ4n) is 8.36. The molecule has 0 fully saturated rings. The largest absolute Gasteiger partial charge is 0.312 e. The lowest BCUT2D eigenvalue weighted by molar-refractivity contribution is 0.882. The van der Waals surface area contributed by atoms with E-state index in [1.165, 1.54) is 89.1 Å². The fourth-order valence-corrected chi connectivity index (χ4v) is 8.36. The summed E-state index contributed by atoms with van der Waals surface area (Å²) in [6, 6.07) is 49.1. The topological polar surface area (TPSA) is 8.17 Å². The van der Waals surface area contributed by atoms with Gasteiger partial charge in [-0.25, -0.2) is 0 Å². The van der Waals surface area contributed by atoms with E-state index in [4.69, 9.17) is 0 Å². The third-order valence-corrected chi connectivity index (χ3v) is 10.5. The van der Waals surface area contributed by atoms with E-state index < -0.39 is 0 Å². The lowest BCUT2D eigenvalue weighted by atomic mass is 9.89. The van der Waals surface area contributed by atoms with Gasteiger partial charge in [-0.05, 0) is 88.9 Å². The van der Waals surface area contributed by atoms with E-state index in [-0.39, 0.29) is 0 Å². The van der Waals surface area contributed by atoms with Crippen molar-refractivity contribution in [2.75, 3.05) is 4.90 Å². The number of anilines is 2. The quantitative estimate of drug-likeness (QED) is 0.180. The van der Waals surface area contributed by atoms with Crippen molar-refractivity contribution in [2.24, 2.45) is 0 Å². The molecule has 6 aromatic carbocycles. The molecule has 2 aliphatic carbocycles. The second kappa shape index (κ2) is 10.9. The summed E-state index contributed by atoms with van der Waals surface area (Å²) in [7, 11) is 0. The summed E-state index contributed by atoms with van der Waals surface area (Å²) in [5, 5.41) is 5.17. The zero-order chi connectivity index (χ0) is 31.6. The van der Waals surface area contributed by atoms with Crippen LogP contribution in [0.3, 0.4) is 0 Å². The predicted molar refractivity (Wildman–Crippen MR) is 203 cm³/mol. The van der Waals surface area contributed by atoms with Gasteiger partial charge in [-0.15, -0.1) is 0 Å². The molecular weight excluding hydrogens is 581 g/mol. The summed E-state index contributed by atoms with van der Waals surface area (Å²) in [6.07, 6.45) is 13.6. The van der Waals surface area contributed by atoms with Crippen LogP contribution in [0.2, 0.25) is 0 Å². The Labute approximate surface area is 281 Å². The first-order chi connectivity index (χ1) is 23.8. The minimum atomic E-state index is 1.01. The van der Waals surface area contributed by atoms with Crippen LogP contribution in [-0.2, 0) is 6.42 Å². The molecule has 0 amide bonds. The Balaban J connectivity index is 1.29. The van der Waals surface area contributed by atoms with Gasteiger partial charge in [-0.1, -0.05) is 127 Å². The van der Waals surface area contributed by atoms with Crippen molar-refractivity contribution in [1.29, 1.82) is 0 Å². The Morgan fingerprint density at radius 2 is 1.21 bits per heavy atom. The molecule has 2 heterocycles. The molecule has 7 aromatic rings. The van der Waals surface area contributed by atoms with E-state index in [1.807, 2.05) is 0 Å². The first-order valence-electron chi connectivity index (χ1n) is 17.2. The Morgan fingerprint density at radius 1 is 0.521 bits per heavy atom. The van der Waals surface area contributed by atoms with Crippen LogP contribution in [0.1, 0.15) is 36.1 Å². The molecule has 2 nitrogen and oxygen atoms in total. The van der Waals surface area contributed by atoms with Gasteiger partial charge in [0.25, 0.3) is 0 Å². The lowest BCUT2D eigenvalue weighted by Crippen LogP contribution is -2.18. The minimum absolute atomic E-state index is 1.01. The maximum atomic E-state index is 2.65. The highest BCUT2D eigenvalue weighted by atomic mass is 15.2. The van der Waals surface area contributed by atoms with Gasteiger partial charge in [-0.3, -0.25) is 0 Å². The third kappa shape index (κ3) is 4.06. The van der Waals surface area contributed by atoms with Gasteiger partial charge in [0.2, 0.25) is 0 Å². The molecule has 0 radical (unpaired) electrons. The van der Waals surface area contributed by atoms with Crippen LogP contribution in [0.15, 0.2) is 157 Å². The monoisotopic (exact) mass is 614 g/mol. The first-order valence-corrected chi connectivity index (χ1v) is 17.2. The van der Waals surface area contributed by atoms with Crippen molar-refractivity contribution in [1.82, 2.24) is 4.57 Å². The molecule has 0 saturated carbocycles. The van der Waals surface area contributed by atoms with E-state index in [9.17, 15) is 0 Å². The van der Waals surface area contributed by atoms with Gasteiger partial charge in [0, 0.05) is 39.2 Å². The van der Waals surface area contributed by atoms with Gasteiger partial charge < -0.3 is 9.47 Å². The molecule has 0 saturated heterocycles. The number of nitrogens with zero attached hydrogens (tertiary/aromatic N) is 2. The highest BCUT2D eigenvalue weighted by Gasteiger charge is 2.35. The van der Waals surface area contributed by atoms with E-state index in [1.54, 1.807) is 0 Å². The van der Waals surface area contributed by atoms with Crippen LogP contribution < -0.4 is 4.90 Å². The number of fused-ring (bicyclic) bond motifs is 9. The standard InChI is InChI=1S/C46H34N2/c1-2-14-31(15-3-1)32-26-28-34(29-27-32)47-41-23-11-8-20-38(41)45-39-21-9-12-24-42(39)48(46(45)40-22-10-13-25-43(40)47)44-30-33-16-4-5-17-35(33)36-18-6-7-19-37(36)44/h1-7,9-11,13-19,21-23,25-30H,8,12,20,24H2. The van der Waals surface area contributed by atoms with E-state index in [0.29, 0.717) is 0 Å². The summed E-state index contributed by atoms with van der Waals surface area (Å²) >= 11 is 0. The average Bonchev–Trinajstić information content (AvgIpc) is 3.44. The maximum absolute atomic E-state index is 2.65. The summed E-state index contributed by atoms with van der Waals surface area (Å²) in [4.78, 5) is 2.51. The van der Waals surface area contributed by atoms with Crippen molar-refractivity contribution in [3.63, 3.8) is 0 Å². The van der Waals surface area contributed by atoms with Crippen LogP contribution in [0.25, 0.3) is 61.3 Å². The fraction of sp³-hybridized carbons (Fsp3) is 0.0870. The second-order valence-corrected chi connectivity index (χ2v) is 13.1. The van der Waals surface area contributed by atoms with Gasteiger partial charge in [0.05, 0.1) is 17.1 Å². The molecule has 0 N–H and O–H groups in total. The van der Waals surface area contributed by atoms with Crippen molar-refractivity contribution in [3.05, 3.63) is 174 Å². The lowest BCUT2D eigenvalue weighted by Gasteiger charge is -2.30. The number of hydrogen-bond donors (Lipinski definition) is 0. The summed E-state index contributed by atoms with van der Waals surface area (Å²) < 4.78 is 2.65. The number of allylic oxidation sites excluding steroid dienone is 4. The maximum Gasteiger partial charge on any atom is 0.0634 e. The molecule has 48 heavy (non-hydrogen) atoms. The van der Waals surface area contributed by atoms with Crippen molar-refractivity contribution < 1.29 is 0 Å². The average molecular weight is 615 g/mol.